The van der Waals surface area contributed by atoms with Crippen molar-refractivity contribution in [2.75, 3.05) is 0 Å². The molecule has 1 aromatic rings. The maximum absolute atomic E-state index is 10.7. The molecule has 0 aliphatic heterocycles. The molecule has 1 rings (SSSR count). The van der Waals surface area contributed by atoms with Crippen molar-refractivity contribution in [2.45, 2.75) is 18.8 Å². The van der Waals surface area contributed by atoms with Gasteiger partial charge in [0.1, 0.15) is 0 Å². The number of amides is 1. The second-order valence-electron chi connectivity index (χ2n) is 2.60. The van der Waals surface area contributed by atoms with Crippen LogP contribution in [0.3, 0.4) is 0 Å². The van der Waals surface area contributed by atoms with E-state index in [4.69, 9.17) is 11.0 Å². The number of nitrogens with zero attached hydrogens (tertiary/aromatic N) is 2. The Morgan fingerprint density at radius 2 is 2.62 bits per heavy atom. The van der Waals surface area contributed by atoms with Crippen molar-refractivity contribution in [1.82, 2.24) is 4.98 Å². The monoisotopic (exact) mass is 195 g/mol. The van der Waals surface area contributed by atoms with E-state index in [9.17, 15) is 4.79 Å². The third-order valence-electron chi connectivity index (χ3n) is 1.59. The van der Waals surface area contributed by atoms with Gasteiger partial charge in [0.2, 0.25) is 5.91 Å². The highest BCUT2D eigenvalue weighted by Crippen LogP contribution is 2.24. The summed E-state index contributed by atoms with van der Waals surface area (Å²) in [7, 11) is 0. The first-order valence-electron chi connectivity index (χ1n) is 3.78. The van der Waals surface area contributed by atoms with Crippen LogP contribution in [0, 0.1) is 11.3 Å². The van der Waals surface area contributed by atoms with Crippen LogP contribution in [0.2, 0.25) is 0 Å². The standard InChI is InChI=1S/C8H9N3OS/c9-2-1-6(5-7(10)12)8-11-3-4-13-8/h3-4,6H,1,5H2,(H2,10,12). The molecule has 2 N–H and O–H groups in total. The molecule has 0 radical (unpaired) electrons. The molecule has 1 heterocycles. The Labute approximate surface area is 80.0 Å². The predicted octanol–water partition coefficient (Wildman–Crippen LogP) is 1.02. The molecule has 0 saturated carbocycles. The first-order valence-corrected chi connectivity index (χ1v) is 4.66. The van der Waals surface area contributed by atoms with E-state index in [-0.39, 0.29) is 18.8 Å². The molecule has 0 aromatic carbocycles. The molecule has 0 saturated heterocycles. The zero-order chi connectivity index (χ0) is 9.68. The molecule has 1 aromatic heterocycles. The molecule has 0 fully saturated rings. The van der Waals surface area contributed by atoms with E-state index < -0.39 is 5.91 Å². The number of hydrogen-bond donors (Lipinski definition) is 1. The molecule has 4 nitrogen and oxygen atoms in total. The summed E-state index contributed by atoms with van der Waals surface area (Å²) >= 11 is 1.44. The Morgan fingerprint density at radius 1 is 1.85 bits per heavy atom. The third kappa shape index (κ3) is 2.84. The van der Waals surface area contributed by atoms with Crippen LogP contribution in [0.4, 0.5) is 0 Å². The van der Waals surface area contributed by atoms with Gasteiger partial charge < -0.3 is 5.73 Å². The SMILES string of the molecule is N#CCC(CC(N)=O)c1nccs1. The van der Waals surface area contributed by atoms with Gasteiger partial charge in [-0.15, -0.1) is 11.3 Å². The Balaban J connectivity index is 2.69. The molecular weight excluding hydrogens is 186 g/mol. The average molecular weight is 195 g/mol. The van der Waals surface area contributed by atoms with E-state index in [1.54, 1.807) is 6.20 Å². The van der Waals surface area contributed by atoms with E-state index in [1.165, 1.54) is 11.3 Å². The predicted molar refractivity (Wildman–Crippen MR) is 48.9 cm³/mol. The molecule has 1 atom stereocenters. The van der Waals surface area contributed by atoms with Crippen molar-refractivity contribution in [3.8, 4) is 6.07 Å². The van der Waals surface area contributed by atoms with E-state index in [1.807, 2.05) is 11.4 Å². The Hall–Kier alpha value is -1.41. The van der Waals surface area contributed by atoms with Gasteiger partial charge in [-0.3, -0.25) is 4.79 Å². The Kier molecular flexibility index (Phi) is 3.41. The molecule has 13 heavy (non-hydrogen) atoms. The van der Waals surface area contributed by atoms with Crippen molar-refractivity contribution < 1.29 is 4.79 Å². The number of carbonyl (C=O) groups is 1. The summed E-state index contributed by atoms with van der Waals surface area (Å²) in [6.45, 7) is 0. The average Bonchev–Trinajstić information content (AvgIpc) is 2.54. The minimum absolute atomic E-state index is 0.137. The Morgan fingerprint density at radius 3 is 3.08 bits per heavy atom. The number of rotatable bonds is 4. The van der Waals surface area contributed by atoms with Crippen molar-refractivity contribution in [3.63, 3.8) is 0 Å². The number of aromatic nitrogens is 1. The topological polar surface area (TPSA) is 79.8 Å². The van der Waals surface area contributed by atoms with E-state index in [0.29, 0.717) is 0 Å². The summed E-state index contributed by atoms with van der Waals surface area (Å²) in [5.41, 5.74) is 5.06. The maximum Gasteiger partial charge on any atom is 0.218 e. The number of hydrogen-bond acceptors (Lipinski definition) is 4. The normalized spacial score (nSPS) is 11.9. The zero-order valence-corrected chi connectivity index (χ0v) is 7.75. The molecule has 0 aliphatic carbocycles. The molecule has 0 aliphatic rings. The fourth-order valence-corrected chi connectivity index (χ4v) is 1.78. The minimum atomic E-state index is -0.393. The molecule has 5 heteroatoms. The third-order valence-corrected chi connectivity index (χ3v) is 2.52. The quantitative estimate of drug-likeness (QED) is 0.778. The molecule has 68 valence electrons. The van der Waals surface area contributed by atoms with Crippen LogP contribution in [-0.2, 0) is 4.79 Å². The Bertz CT molecular complexity index is 315. The number of nitriles is 1. The summed E-state index contributed by atoms with van der Waals surface area (Å²) < 4.78 is 0. The van der Waals surface area contributed by atoms with Crippen LogP contribution in [-0.4, -0.2) is 10.9 Å². The molecule has 0 spiro atoms. The highest BCUT2D eigenvalue weighted by atomic mass is 32.1. The molecule has 1 unspecified atom stereocenters. The number of thiazole rings is 1. The van der Waals surface area contributed by atoms with Crippen LogP contribution in [0.25, 0.3) is 0 Å². The molecule has 0 bridgehead atoms. The largest absolute Gasteiger partial charge is 0.370 e. The van der Waals surface area contributed by atoms with E-state index >= 15 is 0 Å². The van der Waals surface area contributed by atoms with Crippen molar-refractivity contribution in [2.24, 2.45) is 5.73 Å². The van der Waals surface area contributed by atoms with Gasteiger partial charge in [-0.05, 0) is 0 Å². The summed E-state index contributed by atoms with van der Waals surface area (Å²) in [5.74, 6) is -0.530. The zero-order valence-electron chi connectivity index (χ0n) is 6.93. The summed E-state index contributed by atoms with van der Waals surface area (Å²) in [6.07, 6.45) is 2.14. The smallest absolute Gasteiger partial charge is 0.218 e. The van der Waals surface area contributed by atoms with Crippen LogP contribution in [0.1, 0.15) is 23.8 Å². The van der Waals surface area contributed by atoms with E-state index in [0.717, 1.165) is 5.01 Å². The van der Waals surface area contributed by atoms with Gasteiger partial charge in [-0.2, -0.15) is 5.26 Å². The van der Waals surface area contributed by atoms with Crippen molar-refractivity contribution >= 4 is 17.2 Å². The number of primary amides is 1. The van der Waals surface area contributed by atoms with Crippen molar-refractivity contribution in [1.29, 1.82) is 5.26 Å². The van der Waals surface area contributed by atoms with Crippen molar-refractivity contribution in [3.05, 3.63) is 16.6 Å². The lowest BCUT2D eigenvalue weighted by Crippen LogP contribution is -2.15. The second-order valence-corrected chi connectivity index (χ2v) is 3.53. The van der Waals surface area contributed by atoms with Crippen LogP contribution < -0.4 is 5.73 Å². The highest BCUT2D eigenvalue weighted by Gasteiger charge is 2.16. The minimum Gasteiger partial charge on any atom is -0.370 e. The fraction of sp³-hybridized carbons (Fsp3) is 0.375. The van der Waals surface area contributed by atoms with Gasteiger partial charge in [-0.25, -0.2) is 4.98 Å². The van der Waals surface area contributed by atoms with Gasteiger partial charge in [0.05, 0.1) is 11.1 Å². The second kappa shape index (κ2) is 4.58. The maximum atomic E-state index is 10.7. The van der Waals surface area contributed by atoms with E-state index in [2.05, 4.69) is 4.98 Å². The van der Waals surface area contributed by atoms with Gasteiger partial charge in [0, 0.05) is 30.3 Å². The lowest BCUT2D eigenvalue weighted by atomic mass is 10.0. The lowest BCUT2D eigenvalue weighted by Gasteiger charge is -2.06. The summed E-state index contributed by atoms with van der Waals surface area (Å²) in [4.78, 5) is 14.7. The van der Waals surface area contributed by atoms with Crippen LogP contribution >= 0.6 is 11.3 Å². The number of carbonyl (C=O) groups excluding carboxylic acids is 1. The number of nitrogens with two attached hydrogens (primary N) is 1. The fourth-order valence-electron chi connectivity index (χ4n) is 1.04. The molecule has 1 amide bonds. The van der Waals surface area contributed by atoms with Gasteiger partial charge in [-0.1, -0.05) is 0 Å². The van der Waals surface area contributed by atoms with Gasteiger partial charge >= 0.3 is 0 Å². The van der Waals surface area contributed by atoms with Gasteiger partial charge in [0.15, 0.2) is 0 Å². The lowest BCUT2D eigenvalue weighted by molar-refractivity contribution is -0.118. The first kappa shape index (κ1) is 9.68. The van der Waals surface area contributed by atoms with Gasteiger partial charge in [0.25, 0.3) is 0 Å². The highest BCUT2D eigenvalue weighted by molar-refractivity contribution is 7.09. The summed E-state index contributed by atoms with van der Waals surface area (Å²) in [5, 5.41) is 11.1. The van der Waals surface area contributed by atoms with Crippen LogP contribution in [0.5, 0.6) is 0 Å². The first-order chi connectivity index (χ1) is 6.24. The summed E-state index contributed by atoms with van der Waals surface area (Å²) in [6, 6.07) is 2.02. The van der Waals surface area contributed by atoms with Crippen LogP contribution in [0.15, 0.2) is 11.6 Å². The molecular formula is C8H9N3OS.